The summed E-state index contributed by atoms with van der Waals surface area (Å²) in [6.45, 7) is 4.42. The fraction of sp³-hybridized carbons (Fsp3) is 0.923. The minimum atomic E-state index is -0.835. The van der Waals surface area contributed by atoms with Crippen molar-refractivity contribution in [2.45, 2.75) is 64.0 Å². The molecular weight excluding hydrogens is 218 g/mol. The molecule has 1 unspecified atom stereocenters. The summed E-state index contributed by atoms with van der Waals surface area (Å²) in [4.78, 5) is 10.9. The monoisotopic (exact) mass is 243 g/mol. The molecule has 0 saturated heterocycles. The molecule has 1 atom stereocenters. The number of hydrogen-bond acceptors (Lipinski definition) is 3. The standard InChI is InChI=1S/C13H25NO3/c1-3-10-5-7-13(17,8-6-10)9-14-11(4-2)12(15)16/h10-11,14,17H,3-9H2,1-2H3,(H,15,16). The highest BCUT2D eigenvalue weighted by molar-refractivity contribution is 5.73. The Balaban J connectivity index is 2.38. The predicted octanol–water partition coefficient (Wildman–Crippen LogP) is 1.77. The number of aliphatic carboxylic acids is 1. The van der Waals surface area contributed by atoms with Gasteiger partial charge in [0.15, 0.2) is 0 Å². The molecule has 0 aromatic rings. The van der Waals surface area contributed by atoms with Gasteiger partial charge in [0.05, 0.1) is 5.60 Å². The van der Waals surface area contributed by atoms with Gasteiger partial charge in [-0.3, -0.25) is 4.79 Å². The van der Waals surface area contributed by atoms with Gasteiger partial charge in [-0.25, -0.2) is 0 Å². The summed E-state index contributed by atoms with van der Waals surface area (Å²) < 4.78 is 0. The summed E-state index contributed by atoms with van der Waals surface area (Å²) >= 11 is 0. The third-order valence-corrected chi connectivity index (χ3v) is 4.00. The average Bonchev–Trinajstić information content (AvgIpc) is 2.30. The van der Waals surface area contributed by atoms with Crippen LogP contribution in [0.25, 0.3) is 0 Å². The minimum absolute atomic E-state index is 0.397. The van der Waals surface area contributed by atoms with E-state index in [0.29, 0.717) is 13.0 Å². The normalized spacial score (nSPS) is 31.1. The first-order chi connectivity index (χ1) is 8.00. The second-order valence-electron chi connectivity index (χ2n) is 5.26. The second-order valence-corrected chi connectivity index (χ2v) is 5.26. The fourth-order valence-electron chi connectivity index (χ4n) is 2.52. The first-order valence-electron chi connectivity index (χ1n) is 6.69. The summed E-state index contributed by atoms with van der Waals surface area (Å²) in [6, 6.07) is -0.539. The third-order valence-electron chi connectivity index (χ3n) is 4.00. The largest absolute Gasteiger partial charge is 0.480 e. The highest BCUT2D eigenvalue weighted by atomic mass is 16.4. The highest BCUT2D eigenvalue weighted by Gasteiger charge is 2.33. The van der Waals surface area contributed by atoms with E-state index in [1.54, 1.807) is 0 Å². The zero-order valence-corrected chi connectivity index (χ0v) is 10.9. The Hall–Kier alpha value is -0.610. The summed E-state index contributed by atoms with van der Waals surface area (Å²) in [7, 11) is 0. The van der Waals surface area contributed by atoms with E-state index in [1.165, 1.54) is 6.42 Å². The number of aliphatic hydroxyl groups is 1. The van der Waals surface area contributed by atoms with E-state index in [0.717, 1.165) is 31.6 Å². The van der Waals surface area contributed by atoms with Crippen LogP contribution in [0.2, 0.25) is 0 Å². The molecule has 0 aromatic heterocycles. The Morgan fingerprint density at radius 1 is 1.41 bits per heavy atom. The molecule has 0 amide bonds. The zero-order valence-electron chi connectivity index (χ0n) is 10.9. The summed E-state index contributed by atoms with van der Waals surface area (Å²) in [6.07, 6.45) is 5.40. The van der Waals surface area contributed by atoms with Crippen molar-refractivity contribution < 1.29 is 15.0 Å². The van der Waals surface area contributed by atoms with Crippen molar-refractivity contribution in [2.24, 2.45) is 5.92 Å². The van der Waals surface area contributed by atoms with Crippen molar-refractivity contribution in [3.63, 3.8) is 0 Å². The van der Waals surface area contributed by atoms with E-state index in [9.17, 15) is 9.90 Å². The number of hydrogen-bond donors (Lipinski definition) is 3. The van der Waals surface area contributed by atoms with E-state index in [2.05, 4.69) is 12.2 Å². The molecule has 17 heavy (non-hydrogen) atoms. The molecule has 0 radical (unpaired) electrons. The molecule has 0 bridgehead atoms. The molecular formula is C13H25NO3. The first kappa shape index (κ1) is 14.5. The second kappa shape index (κ2) is 6.36. The maximum Gasteiger partial charge on any atom is 0.320 e. The van der Waals surface area contributed by atoms with Gasteiger partial charge in [0.25, 0.3) is 0 Å². The Morgan fingerprint density at radius 2 is 2.00 bits per heavy atom. The molecule has 4 heteroatoms. The predicted molar refractivity (Wildman–Crippen MR) is 66.9 cm³/mol. The van der Waals surface area contributed by atoms with Crippen molar-refractivity contribution in [1.29, 1.82) is 0 Å². The summed E-state index contributed by atoms with van der Waals surface area (Å²) in [5, 5.41) is 22.2. The Labute approximate surface area is 103 Å². The van der Waals surface area contributed by atoms with Gasteiger partial charge in [0.1, 0.15) is 6.04 Å². The van der Waals surface area contributed by atoms with Gasteiger partial charge in [-0.15, -0.1) is 0 Å². The van der Waals surface area contributed by atoms with E-state index in [4.69, 9.17) is 5.11 Å². The highest BCUT2D eigenvalue weighted by Crippen LogP contribution is 2.33. The van der Waals surface area contributed by atoms with E-state index in [1.807, 2.05) is 6.92 Å². The molecule has 0 aromatic carbocycles. The van der Waals surface area contributed by atoms with Crippen LogP contribution >= 0.6 is 0 Å². The smallest absolute Gasteiger partial charge is 0.320 e. The Morgan fingerprint density at radius 3 is 2.41 bits per heavy atom. The molecule has 0 heterocycles. The van der Waals surface area contributed by atoms with Gasteiger partial charge < -0.3 is 15.5 Å². The van der Waals surface area contributed by atoms with E-state index in [-0.39, 0.29) is 0 Å². The van der Waals surface area contributed by atoms with Gasteiger partial charge in [-0.2, -0.15) is 0 Å². The van der Waals surface area contributed by atoms with E-state index < -0.39 is 17.6 Å². The van der Waals surface area contributed by atoms with Crippen LogP contribution in [0.1, 0.15) is 52.4 Å². The fourth-order valence-corrected chi connectivity index (χ4v) is 2.52. The van der Waals surface area contributed by atoms with Crippen LogP contribution in [-0.2, 0) is 4.79 Å². The van der Waals surface area contributed by atoms with Crippen molar-refractivity contribution in [2.75, 3.05) is 6.54 Å². The van der Waals surface area contributed by atoms with Crippen LogP contribution in [0.3, 0.4) is 0 Å². The van der Waals surface area contributed by atoms with Crippen molar-refractivity contribution in [3.8, 4) is 0 Å². The number of carboxylic acids is 1. The topological polar surface area (TPSA) is 69.6 Å². The number of carbonyl (C=O) groups is 1. The Bertz CT molecular complexity index is 247. The van der Waals surface area contributed by atoms with Gasteiger partial charge in [0.2, 0.25) is 0 Å². The molecule has 100 valence electrons. The SMILES string of the molecule is CCC1CCC(O)(CNC(CC)C(=O)O)CC1. The minimum Gasteiger partial charge on any atom is -0.480 e. The van der Waals surface area contributed by atoms with Crippen molar-refractivity contribution in [1.82, 2.24) is 5.32 Å². The lowest BCUT2D eigenvalue weighted by molar-refractivity contribution is -0.139. The molecule has 1 saturated carbocycles. The zero-order chi connectivity index (χ0) is 12.9. The van der Waals surface area contributed by atoms with Gasteiger partial charge >= 0.3 is 5.97 Å². The maximum absolute atomic E-state index is 10.9. The number of rotatable bonds is 6. The maximum atomic E-state index is 10.9. The van der Waals surface area contributed by atoms with Crippen LogP contribution in [-0.4, -0.2) is 34.4 Å². The van der Waals surface area contributed by atoms with Crippen molar-refractivity contribution in [3.05, 3.63) is 0 Å². The number of carboxylic acid groups (broad SMARTS) is 1. The van der Waals surface area contributed by atoms with Crippen LogP contribution in [0.15, 0.2) is 0 Å². The lowest BCUT2D eigenvalue weighted by atomic mass is 9.78. The molecule has 1 rings (SSSR count). The molecule has 1 fully saturated rings. The van der Waals surface area contributed by atoms with Gasteiger partial charge in [0, 0.05) is 6.54 Å². The van der Waals surface area contributed by atoms with Crippen LogP contribution in [0.4, 0.5) is 0 Å². The molecule has 4 nitrogen and oxygen atoms in total. The number of nitrogens with one attached hydrogen (secondary N) is 1. The Kier molecular flexibility index (Phi) is 5.40. The van der Waals surface area contributed by atoms with E-state index >= 15 is 0 Å². The first-order valence-corrected chi connectivity index (χ1v) is 6.69. The lowest BCUT2D eigenvalue weighted by Gasteiger charge is -2.36. The van der Waals surface area contributed by atoms with Gasteiger partial charge in [-0.05, 0) is 38.0 Å². The third kappa shape index (κ3) is 4.28. The summed E-state index contributed by atoms with van der Waals surface area (Å²) in [5.41, 5.74) is -0.700. The lowest BCUT2D eigenvalue weighted by Crippen LogP contribution is -2.48. The van der Waals surface area contributed by atoms with Crippen LogP contribution in [0.5, 0.6) is 0 Å². The molecule has 0 aliphatic heterocycles. The quantitative estimate of drug-likeness (QED) is 0.665. The van der Waals surface area contributed by atoms with Crippen LogP contribution < -0.4 is 5.32 Å². The molecule has 0 spiro atoms. The summed E-state index contributed by atoms with van der Waals surface area (Å²) in [5.74, 6) is -0.102. The van der Waals surface area contributed by atoms with Gasteiger partial charge in [-0.1, -0.05) is 20.3 Å². The average molecular weight is 243 g/mol. The van der Waals surface area contributed by atoms with Crippen LogP contribution in [0, 0.1) is 5.92 Å². The molecule has 3 N–H and O–H groups in total. The van der Waals surface area contributed by atoms with Crippen molar-refractivity contribution >= 4 is 5.97 Å². The molecule has 1 aliphatic rings. The molecule has 1 aliphatic carbocycles.